The molecular weight excluding hydrogens is 546 g/mol. The Morgan fingerprint density at radius 1 is 1.05 bits per heavy atom. The number of nitrogens with one attached hydrogen (secondary N) is 1. The van der Waals surface area contributed by atoms with Crippen LogP contribution in [-0.4, -0.2) is 59.8 Å². The average molecular weight is 584 g/mol. The summed E-state index contributed by atoms with van der Waals surface area (Å²) in [7, 11) is -3.93. The number of aliphatic hydroxyl groups is 1. The van der Waals surface area contributed by atoms with Gasteiger partial charge in [0.05, 0.1) is 17.0 Å². The molecule has 0 radical (unpaired) electrons. The first kappa shape index (κ1) is 29.9. The number of carbonyl (C=O) groups excluding carboxylic acids is 1. The molecule has 4 rings (SSSR count). The van der Waals surface area contributed by atoms with Crippen molar-refractivity contribution in [2.24, 2.45) is 5.92 Å². The van der Waals surface area contributed by atoms with Gasteiger partial charge in [-0.1, -0.05) is 37.1 Å². The Hall–Kier alpha value is -3.05. The number of carbonyl (C=O) groups is 1. The number of amides is 1. The molecule has 40 heavy (non-hydrogen) atoms. The number of nitrogens with two attached hydrogens (primary N) is 1. The van der Waals surface area contributed by atoms with Crippen LogP contribution in [0.1, 0.15) is 41.6 Å². The van der Waals surface area contributed by atoms with Crippen LogP contribution in [0.15, 0.2) is 82.6 Å². The summed E-state index contributed by atoms with van der Waals surface area (Å²) in [5.41, 5.74) is 6.97. The number of nitrogen functional groups attached to an aromatic ring is 1. The minimum Gasteiger partial charge on any atom is -0.508 e. The van der Waals surface area contributed by atoms with E-state index in [4.69, 9.17) is 5.73 Å². The third kappa shape index (κ3) is 7.57. The fourth-order valence-electron chi connectivity index (χ4n) is 4.94. The highest BCUT2D eigenvalue weighted by Gasteiger charge is 2.33. The number of rotatable bonds is 12. The molecule has 1 aliphatic rings. The quantitative estimate of drug-likeness (QED) is 0.183. The highest BCUT2D eigenvalue weighted by atomic mass is 32.2. The van der Waals surface area contributed by atoms with Crippen LogP contribution in [0.25, 0.3) is 0 Å². The summed E-state index contributed by atoms with van der Waals surface area (Å²) in [5.74, 6) is 0.0709. The number of nitrogens with zero attached hydrogens (tertiary/aromatic N) is 1. The number of anilines is 1. The Bertz CT molecular complexity index is 1380. The maximum Gasteiger partial charge on any atom is 0.252 e. The van der Waals surface area contributed by atoms with Gasteiger partial charge in [-0.15, -0.1) is 11.8 Å². The van der Waals surface area contributed by atoms with Crippen LogP contribution < -0.4 is 11.1 Å². The number of phenolic OH excluding ortho intramolecular Hbond substituents is 1. The van der Waals surface area contributed by atoms with Crippen LogP contribution >= 0.6 is 11.8 Å². The lowest BCUT2D eigenvalue weighted by atomic mass is 10.1. The molecule has 1 amide bonds. The molecule has 3 aromatic carbocycles. The third-order valence-electron chi connectivity index (χ3n) is 7.35. The van der Waals surface area contributed by atoms with Crippen LogP contribution in [0, 0.1) is 12.8 Å². The van der Waals surface area contributed by atoms with Crippen molar-refractivity contribution in [3.8, 4) is 5.75 Å². The van der Waals surface area contributed by atoms with Crippen LogP contribution in [-0.2, 0) is 10.0 Å². The molecular formula is C30H37N3O5S2. The van der Waals surface area contributed by atoms with E-state index in [1.807, 2.05) is 30.3 Å². The summed E-state index contributed by atoms with van der Waals surface area (Å²) in [4.78, 5) is 14.3. The second kappa shape index (κ2) is 13.5. The van der Waals surface area contributed by atoms with E-state index in [1.54, 1.807) is 31.2 Å². The molecule has 214 valence electrons. The predicted octanol–water partition coefficient (Wildman–Crippen LogP) is 4.42. The minimum atomic E-state index is -3.93. The smallest absolute Gasteiger partial charge is 0.252 e. The van der Waals surface area contributed by atoms with Crippen molar-refractivity contribution in [3.05, 3.63) is 83.9 Å². The van der Waals surface area contributed by atoms with Crippen LogP contribution in [0.4, 0.5) is 5.69 Å². The summed E-state index contributed by atoms with van der Waals surface area (Å²) in [6.45, 7) is 1.77. The zero-order chi connectivity index (χ0) is 28.7. The van der Waals surface area contributed by atoms with Crippen LogP contribution in [0.5, 0.6) is 5.75 Å². The van der Waals surface area contributed by atoms with Gasteiger partial charge in [0.15, 0.2) is 0 Å². The Morgan fingerprint density at radius 2 is 1.73 bits per heavy atom. The van der Waals surface area contributed by atoms with E-state index in [1.165, 1.54) is 34.3 Å². The first-order valence-electron chi connectivity index (χ1n) is 13.5. The number of aliphatic hydroxyl groups excluding tert-OH is 1. The summed E-state index contributed by atoms with van der Waals surface area (Å²) < 4.78 is 28.8. The number of aromatic hydroxyl groups is 1. The second-order valence-corrected chi connectivity index (χ2v) is 13.3. The highest BCUT2D eigenvalue weighted by Crippen LogP contribution is 2.29. The van der Waals surface area contributed by atoms with Crippen LogP contribution in [0.2, 0.25) is 0 Å². The van der Waals surface area contributed by atoms with E-state index in [9.17, 15) is 23.4 Å². The maximum absolute atomic E-state index is 13.7. The molecule has 0 bridgehead atoms. The molecule has 0 unspecified atom stereocenters. The van der Waals surface area contributed by atoms with Gasteiger partial charge in [-0.25, -0.2) is 8.42 Å². The lowest BCUT2D eigenvalue weighted by Crippen LogP contribution is -2.51. The first-order valence-corrected chi connectivity index (χ1v) is 15.9. The van der Waals surface area contributed by atoms with E-state index in [2.05, 4.69) is 5.32 Å². The fraction of sp³-hybridized carbons (Fsp3) is 0.367. The zero-order valence-corrected chi connectivity index (χ0v) is 24.2. The Labute approximate surface area is 240 Å². The van der Waals surface area contributed by atoms with E-state index in [0.717, 1.165) is 30.6 Å². The Balaban J connectivity index is 1.59. The summed E-state index contributed by atoms with van der Waals surface area (Å²) >= 11 is 1.46. The Kier molecular flexibility index (Phi) is 10.1. The van der Waals surface area contributed by atoms with Gasteiger partial charge >= 0.3 is 0 Å². The van der Waals surface area contributed by atoms with Gasteiger partial charge in [-0.2, -0.15) is 4.31 Å². The molecule has 8 nitrogen and oxygen atoms in total. The second-order valence-electron chi connectivity index (χ2n) is 10.3. The summed E-state index contributed by atoms with van der Waals surface area (Å²) in [6.07, 6.45) is 2.79. The highest BCUT2D eigenvalue weighted by molar-refractivity contribution is 7.99. The van der Waals surface area contributed by atoms with Crippen molar-refractivity contribution in [3.63, 3.8) is 0 Å². The van der Waals surface area contributed by atoms with Crippen molar-refractivity contribution in [2.75, 3.05) is 24.6 Å². The SMILES string of the molecule is Cc1c(O)cccc1C(=O)N[C@@H](CSc1ccccc1)[C@H](O)CN(CC1CCCC1)S(=O)(=O)c1ccc(N)cc1. The number of hydrogen-bond donors (Lipinski definition) is 4. The molecule has 2 atom stereocenters. The number of sulfonamides is 1. The van der Waals surface area contributed by atoms with Crippen molar-refractivity contribution in [2.45, 2.75) is 54.5 Å². The summed E-state index contributed by atoms with van der Waals surface area (Å²) in [5, 5.41) is 24.5. The maximum atomic E-state index is 13.7. The van der Waals surface area contributed by atoms with Gasteiger partial charge in [0.2, 0.25) is 10.0 Å². The van der Waals surface area contributed by atoms with E-state index < -0.39 is 28.1 Å². The predicted molar refractivity (Wildman–Crippen MR) is 159 cm³/mol. The number of hydrogen-bond acceptors (Lipinski definition) is 7. The molecule has 1 aliphatic carbocycles. The van der Waals surface area contributed by atoms with Crippen molar-refractivity contribution in [1.29, 1.82) is 0 Å². The minimum absolute atomic E-state index is 0.000684. The lowest BCUT2D eigenvalue weighted by Gasteiger charge is -2.31. The lowest BCUT2D eigenvalue weighted by molar-refractivity contribution is 0.0807. The van der Waals surface area contributed by atoms with Gasteiger partial charge in [0, 0.05) is 40.6 Å². The van der Waals surface area contributed by atoms with E-state index in [0.29, 0.717) is 29.1 Å². The summed E-state index contributed by atoms with van der Waals surface area (Å²) in [6, 6.07) is 19.6. The molecule has 3 aromatic rings. The fourth-order valence-corrected chi connectivity index (χ4v) is 7.50. The number of thioether (sulfide) groups is 1. The molecule has 0 saturated heterocycles. The third-order valence-corrected chi connectivity index (χ3v) is 10.3. The molecule has 5 N–H and O–H groups in total. The standard InChI is InChI=1S/C30H37N3O5S2/c1-21-26(12-7-13-28(21)34)30(36)32-27(20-39-24-10-3-2-4-11-24)29(35)19-33(18-22-8-5-6-9-22)40(37,38)25-16-14-23(31)15-17-25/h2-4,7,10-17,22,27,29,34-35H,5-6,8-9,18-20,31H2,1H3,(H,32,36)/t27-,29+/m0/s1. The molecule has 0 aliphatic heterocycles. The monoisotopic (exact) mass is 583 g/mol. The topological polar surface area (TPSA) is 133 Å². The van der Waals surface area contributed by atoms with Crippen molar-refractivity contribution >= 4 is 33.4 Å². The largest absolute Gasteiger partial charge is 0.508 e. The molecule has 1 saturated carbocycles. The molecule has 10 heteroatoms. The van der Waals surface area contributed by atoms with Gasteiger partial charge < -0.3 is 21.3 Å². The van der Waals surface area contributed by atoms with E-state index >= 15 is 0 Å². The Morgan fingerprint density at radius 3 is 2.40 bits per heavy atom. The zero-order valence-electron chi connectivity index (χ0n) is 22.6. The molecule has 1 fully saturated rings. The van der Waals surface area contributed by atoms with Gasteiger partial charge in [-0.05, 0) is 74.2 Å². The average Bonchev–Trinajstić information content (AvgIpc) is 3.46. The van der Waals surface area contributed by atoms with Gasteiger partial charge in [-0.3, -0.25) is 4.79 Å². The van der Waals surface area contributed by atoms with Crippen molar-refractivity contribution in [1.82, 2.24) is 9.62 Å². The molecule has 0 heterocycles. The van der Waals surface area contributed by atoms with Gasteiger partial charge in [0.1, 0.15) is 5.75 Å². The van der Waals surface area contributed by atoms with Gasteiger partial charge in [0.25, 0.3) is 5.91 Å². The van der Waals surface area contributed by atoms with E-state index in [-0.39, 0.29) is 23.1 Å². The van der Waals surface area contributed by atoms with Crippen LogP contribution in [0.3, 0.4) is 0 Å². The normalized spacial score (nSPS) is 15.7. The molecule has 0 spiro atoms. The van der Waals surface area contributed by atoms with Crippen molar-refractivity contribution < 1.29 is 23.4 Å². The number of phenols is 1. The molecule has 0 aromatic heterocycles. The first-order chi connectivity index (χ1) is 19.1. The number of benzene rings is 3.